The van der Waals surface area contributed by atoms with Crippen molar-refractivity contribution >= 4 is 5.97 Å². The Labute approximate surface area is 81.7 Å². The lowest BCUT2D eigenvalue weighted by Crippen LogP contribution is -2.18. The van der Waals surface area contributed by atoms with Crippen LogP contribution in [0.2, 0.25) is 0 Å². The monoisotopic (exact) mass is 199 g/mol. The molecule has 1 aromatic heterocycles. The Hall–Kier alpha value is -1.33. The maximum Gasteiger partial charge on any atom is 0.338 e. The minimum absolute atomic E-state index is 0.175. The molecule has 0 atom stereocenters. The summed E-state index contributed by atoms with van der Waals surface area (Å²) in [6, 6.07) is 1.50. The molecule has 1 aromatic rings. The zero-order valence-electron chi connectivity index (χ0n) is 7.95. The molecule has 0 radical (unpaired) electrons. The average molecular weight is 199 g/mol. The van der Waals surface area contributed by atoms with Crippen LogP contribution >= 0.6 is 0 Å². The Morgan fingerprint density at radius 2 is 2.50 bits per heavy atom. The Kier molecular flexibility index (Phi) is 4.15. The first-order valence-electron chi connectivity index (χ1n) is 4.24. The highest BCUT2D eigenvalue weighted by Crippen LogP contribution is 2.06. The van der Waals surface area contributed by atoms with Crippen molar-refractivity contribution < 1.29 is 19.1 Å². The summed E-state index contributed by atoms with van der Waals surface area (Å²) in [5, 5.41) is 11.7. The minimum Gasteiger partial charge on any atom is -0.478 e. The highest BCUT2D eigenvalue weighted by atomic mass is 16.5. The van der Waals surface area contributed by atoms with Crippen molar-refractivity contribution in [2.24, 2.45) is 0 Å². The summed E-state index contributed by atoms with van der Waals surface area (Å²) in [5.41, 5.74) is 0.175. The second-order valence-electron chi connectivity index (χ2n) is 2.78. The fraction of sp³-hybridized carbons (Fsp3) is 0.444. The molecule has 0 unspecified atom stereocenters. The van der Waals surface area contributed by atoms with Crippen LogP contribution in [0, 0.1) is 0 Å². The van der Waals surface area contributed by atoms with Crippen LogP contribution in [0.4, 0.5) is 0 Å². The third kappa shape index (κ3) is 3.20. The van der Waals surface area contributed by atoms with E-state index in [1.54, 1.807) is 7.11 Å². The number of nitrogens with one attached hydrogen (secondary N) is 1. The van der Waals surface area contributed by atoms with Crippen LogP contribution in [0.25, 0.3) is 0 Å². The molecule has 0 saturated heterocycles. The van der Waals surface area contributed by atoms with Gasteiger partial charge in [-0.25, -0.2) is 4.79 Å². The van der Waals surface area contributed by atoms with E-state index in [4.69, 9.17) is 14.3 Å². The summed E-state index contributed by atoms with van der Waals surface area (Å²) in [5.74, 6) is -0.365. The molecule has 1 rings (SSSR count). The van der Waals surface area contributed by atoms with Crippen LogP contribution < -0.4 is 5.32 Å². The molecule has 0 amide bonds. The summed E-state index contributed by atoms with van der Waals surface area (Å²) in [6.45, 7) is 1.84. The number of rotatable bonds is 6. The van der Waals surface area contributed by atoms with Crippen LogP contribution in [0.3, 0.4) is 0 Å². The number of ether oxygens (including phenoxy) is 1. The molecule has 0 aliphatic rings. The SMILES string of the molecule is COCCNCc1cc(C(=O)O)co1. The predicted octanol–water partition coefficient (Wildman–Crippen LogP) is 0.714. The number of furan rings is 1. The Morgan fingerprint density at radius 1 is 1.71 bits per heavy atom. The number of hydrogen-bond acceptors (Lipinski definition) is 4. The van der Waals surface area contributed by atoms with Crippen LogP contribution in [-0.4, -0.2) is 31.3 Å². The van der Waals surface area contributed by atoms with Gasteiger partial charge in [-0.2, -0.15) is 0 Å². The molecule has 0 bridgehead atoms. The first kappa shape index (κ1) is 10.7. The van der Waals surface area contributed by atoms with Gasteiger partial charge in [0, 0.05) is 13.7 Å². The van der Waals surface area contributed by atoms with E-state index in [1.807, 2.05) is 0 Å². The van der Waals surface area contributed by atoms with E-state index in [0.29, 0.717) is 25.5 Å². The van der Waals surface area contributed by atoms with Gasteiger partial charge in [0.1, 0.15) is 12.0 Å². The molecule has 78 valence electrons. The number of carboxylic acid groups (broad SMARTS) is 1. The average Bonchev–Trinajstić information content (AvgIpc) is 2.61. The second kappa shape index (κ2) is 5.41. The minimum atomic E-state index is -0.975. The lowest BCUT2D eigenvalue weighted by Gasteiger charge is -1.99. The summed E-state index contributed by atoms with van der Waals surface area (Å²) < 4.78 is 9.86. The molecule has 0 fully saturated rings. The second-order valence-corrected chi connectivity index (χ2v) is 2.78. The highest BCUT2D eigenvalue weighted by Gasteiger charge is 2.07. The molecule has 5 heteroatoms. The molecule has 0 saturated carbocycles. The van der Waals surface area contributed by atoms with Crippen LogP contribution in [0.15, 0.2) is 16.7 Å². The van der Waals surface area contributed by atoms with Crippen molar-refractivity contribution in [3.8, 4) is 0 Å². The summed E-state index contributed by atoms with van der Waals surface area (Å²) in [7, 11) is 1.62. The third-order valence-corrected chi connectivity index (χ3v) is 1.68. The van der Waals surface area contributed by atoms with Crippen molar-refractivity contribution in [1.29, 1.82) is 0 Å². The first-order chi connectivity index (χ1) is 6.74. The van der Waals surface area contributed by atoms with Crippen molar-refractivity contribution in [2.75, 3.05) is 20.3 Å². The maximum atomic E-state index is 10.5. The predicted molar refractivity (Wildman–Crippen MR) is 49.3 cm³/mol. The van der Waals surface area contributed by atoms with E-state index in [1.165, 1.54) is 12.3 Å². The van der Waals surface area contributed by atoms with Crippen LogP contribution in [0.5, 0.6) is 0 Å². The summed E-state index contributed by atoms with van der Waals surface area (Å²) >= 11 is 0. The van der Waals surface area contributed by atoms with Gasteiger partial charge < -0.3 is 19.6 Å². The van der Waals surface area contributed by atoms with E-state index in [9.17, 15) is 4.79 Å². The van der Waals surface area contributed by atoms with Gasteiger partial charge in [-0.05, 0) is 6.07 Å². The normalized spacial score (nSPS) is 10.4. The topological polar surface area (TPSA) is 71.7 Å². The zero-order valence-corrected chi connectivity index (χ0v) is 7.95. The fourth-order valence-corrected chi connectivity index (χ4v) is 0.971. The third-order valence-electron chi connectivity index (χ3n) is 1.68. The highest BCUT2D eigenvalue weighted by molar-refractivity contribution is 5.87. The molecule has 0 aromatic carbocycles. The van der Waals surface area contributed by atoms with Crippen LogP contribution in [0.1, 0.15) is 16.1 Å². The summed E-state index contributed by atoms with van der Waals surface area (Å²) in [6.07, 6.45) is 1.23. The van der Waals surface area contributed by atoms with Crippen molar-refractivity contribution in [2.45, 2.75) is 6.54 Å². The largest absolute Gasteiger partial charge is 0.478 e. The smallest absolute Gasteiger partial charge is 0.338 e. The molecular formula is C9H13NO4. The fourth-order valence-electron chi connectivity index (χ4n) is 0.971. The van der Waals surface area contributed by atoms with Crippen molar-refractivity contribution in [1.82, 2.24) is 5.32 Å². The van der Waals surface area contributed by atoms with Gasteiger partial charge in [0.2, 0.25) is 0 Å². The van der Waals surface area contributed by atoms with Gasteiger partial charge in [-0.1, -0.05) is 0 Å². The van der Waals surface area contributed by atoms with Gasteiger partial charge in [0.15, 0.2) is 0 Å². The molecule has 2 N–H and O–H groups in total. The van der Waals surface area contributed by atoms with Crippen LogP contribution in [-0.2, 0) is 11.3 Å². The Morgan fingerprint density at radius 3 is 3.07 bits per heavy atom. The van der Waals surface area contributed by atoms with Gasteiger partial charge >= 0.3 is 5.97 Å². The summed E-state index contributed by atoms with van der Waals surface area (Å²) in [4.78, 5) is 10.5. The van der Waals surface area contributed by atoms with Gasteiger partial charge in [0.05, 0.1) is 18.7 Å². The molecular weight excluding hydrogens is 186 g/mol. The molecule has 0 spiro atoms. The maximum absolute atomic E-state index is 10.5. The van der Waals surface area contributed by atoms with E-state index >= 15 is 0 Å². The number of hydrogen-bond donors (Lipinski definition) is 2. The molecule has 5 nitrogen and oxygen atoms in total. The van der Waals surface area contributed by atoms with E-state index in [-0.39, 0.29) is 5.56 Å². The zero-order chi connectivity index (χ0) is 10.4. The number of carbonyl (C=O) groups is 1. The number of carboxylic acids is 1. The lowest BCUT2D eigenvalue weighted by molar-refractivity contribution is 0.0696. The lowest BCUT2D eigenvalue weighted by atomic mass is 10.3. The van der Waals surface area contributed by atoms with Crippen molar-refractivity contribution in [3.05, 3.63) is 23.7 Å². The standard InChI is InChI=1S/C9H13NO4/c1-13-3-2-10-5-8-4-7(6-14-8)9(11)12/h4,6,10H,2-3,5H2,1H3,(H,11,12). The van der Waals surface area contributed by atoms with Gasteiger partial charge in [0.25, 0.3) is 0 Å². The first-order valence-corrected chi connectivity index (χ1v) is 4.24. The number of methoxy groups -OCH3 is 1. The molecule has 14 heavy (non-hydrogen) atoms. The van der Waals surface area contributed by atoms with Crippen molar-refractivity contribution in [3.63, 3.8) is 0 Å². The molecule has 1 heterocycles. The molecule has 0 aliphatic heterocycles. The number of aromatic carboxylic acids is 1. The van der Waals surface area contributed by atoms with Gasteiger partial charge in [-0.15, -0.1) is 0 Å². The van der Waals surface area contributed by atoms with E-state index < -0.39 is 5.97 Å². The van der Waals surface area contributed by atoms with E-state index in [0.717, 1.165) is 0 Å². The van der Waals surface area contributed by atoms with Gasteiger partial charge in [-0.3, -0.25) is 0 Å². The Balaban J connectivity index is 2.33. The quantitative estimate of drug-likeness (QED) is 0.660. The molecule has 0 aliphatic carbocycles. The van der Waals surface area contributed by atoms with E-state index in [2.05, 4.69) is 5.32 Å². The Bertz CT molecular complexity index is 295.